The average Bonchev–Trinajstić information content (AvgIpc) is 2.39. The van der Waals surface area contributed by atoms with E-state index < -0.39 is 0 Å². The van der Waals surface area contributed by atoms with Crippen LogP contribution in [0.2, 0.25) is 5.02 Å². The molecule has 0 saturated carbocycles. The molecule has 0 atom stereocenters. The number of aliphatic hydroxyl groups is 1. The van der Waals surface area contributed by atoms with E-state index in [0.29, 0.717) is 17.4 Å². The van der Waals surface area contributed by atoms with Gasteiger partial charge in [0.2, 0.25) is 0 Å². The van der Waals surface area contributed by atoms with Gasteiger partial charge >= 0.3 is 0 Å². The van der Waals surface area contributed by atoms with Crippen LogP contribution in [0.3, 0.4) is 0 Å². The van der Waals surface area contributed by atoms with E-state index in [2.05, 4.69) is 0 Å². The smallest absolute Gasteiger partial charge is 0.138 e. The zero-order valence-electron chi connectivity index (χ0n) is 9.64. The Morgan fingerprint density at radius 1 is 1.00 bits per heavy atom. The predicted octanol–water partition coefficient (Wildman–Crippen LogP) is 3.12. The monoisotopic (exact) mass is 264 g/mol. The number of aromatic hydroxyl groups is 1. The van der Waals surface area contributed by atoms with Crippen molar-refractivity contribution in [2.75, 3.05) is 0 Å². The van der Waals surface area contributed by atoms with Crippen molar-refractivity contribution in [3.63, 3.8) is 0 Å². The van der Waals surface area contributed by atoms with Gasteiger partial charge < -0.3 is 14.9 Å². The van der Waals surface area contributed by atoms with Crippen LogP contribution >= 0.6 is 11.6 Å². The van der Waals surface area contributed by atoms with Gasteiger partial charge in [0.25, 0.3) is 0 Å². The average molecular weight is 265 g/mol. The summed E-state index contributed by atoms with van der Waals surface area (Å²) in [6.07, 6.45) is 0. The van der Waals surface area contributed by atoms with Gasteiger partial charge in [-0.2, -0.15) is 0 Å². The van der Waals surface area contributed by atoms with Gasteiger partial charge in [-0.1, -0.05) is 29.8 Å². The van der Waals surface area contributed by atoms with Crippen LogP contribution in [-0.4, -0.2) is 10.2 Å². The Balaban J connectivity index is 2.04. The summed E-state index contributed by atoms with van der Waals surface area (Å²) in [6.45, 7) is 0.330. The number of ether oxygens (including phenoxy) is 1. The highest BCUT2D eigenvalue weighted by Crippen LogP contribution is 2.26. The second-order valence-electron chi connectivity index (χ2n) is 3.88. The van der Waals surface area contributed by atoms with Crippen LogP contribution in [0.15, 0.2) is 42.5 Å². The SMILES string of the molecule is OCc1ccc(OCc2ccc(O)cc2)c(Cl)c1. The molecule has 0 aliphatic heterocycles. The number of rotatable bonds is 4. The summed E-state index contributed by atoms with van der Waals surface area (Å²) in [6, 6.07) is 11.9. The van der Waals surface area contributed by atoms with E-state index in [-0.39, 0.29) is 12.4 Å². The molecule has 0 bridgehead atoms. The quantitative estimate of drug-likeness (QED) is 0.892. The lowest BCUT2D eigenvalue weighted by molar-refractivity contribution is 0.281. The molecule has 0 aliphatic carbocycles. The molecule has 2 rings (SSSR count). The Kier molecular flexibility index (Phi) is 4.07. The van der Waals surface area contributed by atoms with Crippen LogP contribution < -0.4 is 4.74 Å². The molecule has 94 valence electrons. The molecule has 3 nitrogen and oxygen atoms in total. The lowest BCUT2D eigenvalue weighted by atomic mass is 10.2. The number of phenols is 1. The fourth-order valence-corrected chi connectivity index (χ4v) is 1.77. The standard InChI is InChI=1S/C14H13ClO3/c15-13-7-11(8-16)3-6-14(13)18-9-10-1-4-12(17)5-2-10/h1-7,16-17H,8-9H2. The first-order valence-electron chi connectivity index (χ1n) is 5.49. The van der Waals surface area contributed by atoms with Gasteiger partial charge in [0.1, 0.15) is 18.1 Å². The molecule has 2 aromatic rings. The fourth-order valence-electron chi connectivity index (χ4n) is 1.51. The molecule has 2 N–H and O–H groups in total. The maximum Gasteiger partial charge on any atom is 0.138 e. The van der Waals surface area contributed by atoms with Crippen molar-refractivity contribution in [2.24, 2.45) is 0 Å². The molecule has 0 amide bonds. The van der Waals surface area contributed by atoms with E-state index in [0.717, 1.165) is 11.1 Å². The van der Waals surface area contributed by atoms with Crippen molar-refractivity contribution < 1.29 is 14.9 Å². The molecule has 0 aromatic heterocycles. The van der Waals surface area contributed by atoms with Gasteiger partial charge in [0.05, 0.1) is 11.6 Å². The van der Waals surface area contributed by atoms with Crippen molar-refractivity contribution in [2.45, 2.75) is 13.2 Å². The van der Waals surface area contributed by atoms with E-state index in [1.165, 1.54) is 0 Å². The van der Waals surface area contributed by atoms with Gasteiger partial charge in [-0.25, -0.2) is 0 Å². The molecular weight excluding hydrogens is 252 g/mol. The summed E-state index contributed by atoms with van der Waals surface area (Å²) < 4.78 is 5.57. The highest BCUT2D eigenvalue weighted by atomic mass is 35.5. The van der Waals surface area contributed by atoms with E-state index in [1.807, 2.05) is 0 Å². The number of phenolic OH excluding ortho intramolecular Hbond substituents is 1. The Labute approximate surface area is 110 Å². The van der Waals surface area contributed by atoms with Gasteiger partial charge in [-0.3, -0.25) is 0 Å². The Morgan fingerprint density at radius 2 is 1.67 bits per heavy atom. The number of benzene rings is 2. The minimum Gasteiger partial charge on any atom is -0.508 e. The number of hydrogen-bond acceptors (Lipinski definition) is 3. The molecule has 0 spiro atoms. The van der Waals surface area contributed by atoms with Crippen molar-refractivity contribution in [3.05, 3.63) is 58.6 Å². The molecule has 2 aromatic carbocycles. The number of aliphatic hydroxyl groups excluding tert-OH is 1. The summed E-state index contributed by atoms with van der Waals surface area (Å²) in [5.41, 5.74) is 1.69. The molecule has 4 heteroatoms. The topological polar surface area (TPSA) is 49.7 Å². The Bertz CT molecular complexity index is 523. The second kappa shape index (κ2) is 5.76. The first-order chi connectivity index (χ1) is 8.69. The van der Waals surface area contributed by atoms with E-state index >= 15 is 0 Å². The minimum absolute atomic E-state index is 0.0437. The molecule has 0 heterocycles. The van der Waals surface area contributed by atoms with E-state index in [4.69, 9.17) is 26.6 Å². The molecule has 18 heavy (non-hydrogen) atoms. The maximum atomic E-state index is 9.16. The van der Waals surface area contributed by atoms with Crippen LogP contribution in [-0.2, 0) is 13.2 Å². The highest BCUT2D eigenvalue weighted by Gasteiger charge is 2.03. The van der Waals surface area contributed by atoms with Crippen molar-refractivity contribution in [1.29, 1.82) is 0 Å². The van der Waals surface area contributed by atoms with Gasteiger partial charge in [-0.05, 0) is 35.4 Å². The summed E-state index contributed by atoms with van der Waals surface area (Å²) in [5, 5.41) is 18.6. The third kappa shape index (κ3) is 3.15. The molecule has 0 radical (unpaired) electrons. The van der Waals surface area contributed by atoms with E-state index in [9.17, 15) is 0 Å². The summed E-state index contributed by atoms with van der Waals surface area (Å²) >= 11 is 6.02. The fraction of sp³-hybridized carbons (Fsp3) is 0.143. The Morgan fingerprint density at radius 3 is 2.28 bits per heavy atom. The normalized spacial score (nSPS) is 10.3. The minimum atomic E-state index is -0.0437. The summed E-state index contributed by atoms with van der Waals surface area (Å²) in [4.78, 5) is 0. The van der Waals surface area contributed by atoms with E-state index in [1.54, 1.807) is 42.5 Å². The van der Waals surface area contributed by atoms with Crippen LogP contribution in [0, 0.1) is 0 Å². The van der Waals surface area contributed by atoms with Crippen LogP contribution in [0.1, 0.15) is 11.1 Å². The number of halogens is 1. The zero-order chi connectivity index (χ0) is 13.0. The van der Waals surface area contributed by atoms with Gasteiger partial charge in [0.15, 0.2) is 0 Å². The lowest BCUT2D eigenvalue weighted by Crippen LogP contribution is -1.96. The Hall–Kier alpha value is -1.71. The zero-order valence-corrected chi connectivity index (χ0v) is 10.4. The first kappa shape index (κ1) is 12.7. The molecule has 0 aliphatic rings. The van der Waals surface area contributed by atoms with Crippen LogP contribution in [0.25, 0.3) is 0 Å². The number of hydrogen-bond donors (Lipinski definition) is 2. The van der Waals surface area contributed by atoms with Crippen molar-refractivity contribution >= 4 is 11.6 Å². The lowest BCUT2D eigenvalue weighted by Gasteiger charge is -2.09. The first-order valence-corrected chi connectivity index (χ1v) is 5.87. The molecular formula is C14H13ClO3. The van der Waals surface area contributed by atoms with Crippen molar-refractivity contribution in [1.82, 2.24) is 0 Å². The van der Waals surface area contributed by atoms with Crippen LogP contribution in [0.5, 0.6) is 11.5 Å². The second-order valence-corrected chi connectivity index (χ2v) is 4.29. The third-order valence-electron chi connectivity index (χ3n) is 2.51. The third-order valence-corrected chi connectivity index (χ3v) is 2.80. The van der Waals surface area contributed by atoms with Crippen LogP contribution in [0.4, 0.5) is 0 Å². The largest absolute Gasteiger partial charge is 0.508 e. The molecule has 0 saturated heterocycles. The summed E-state index contributed by atoms with van der Waals surface area (Å²) in [7, 11) is 0. The molecule has 0 unspecified atom stereocenters. The van der Waals surface area contributed by atoms with Gasteiger partial charge in [-0.15, -0.1) is 0 Å². The summed E-state index contributed by atoms with van der Waals surface area (Å²) in [5.74, 6) is 0.797. The van der Waals surface area contributed by atoms with Crippen molar-refractivity contribution in [3.8, 4) is 11.5 Å². The molecule has 0 fully saturated rings. The van der Waals surface area contributed by atoms with Gasteiger partial charge in [0, 0.05) is 0 Å². The predicted molar refractivity (Wildman–Crippen MR) is 69.8 cm³/mol. The highest BCUT2D eigenvalue weighted by molar-refractivity contribution is 6.32. The maximum absolute atomic E-state index is 9.16.